The van der Waals surface area contributed by atoms with Gasteiger partial charge in [-0.15, -0.1) is 5.10 Å². The van der Waals surface area contributed by atoms with Gasteiger partial charge in [0, 0.05) is 5.56 Å². The van der Waals surface area contributed by atoms with Crippen molar-refractivity contribution < 1.29 is 8.97 Å². The normalized spacial score (nSPS) is 13.8. The molecule has 0 aliphatic rings. The molecular weight excluding hydrogens is 278 g/mol. The molecular formula is C13H15N3O3S. The van der Waals surface area contributed by atoms with E-state index in [0.717, 1.165) is 5.56 Å². The van der Waals surface area contributed by atoms with Gasteiger partial charge in [0.25, 0.3) is 0 Å². The third-order valence-corrected chi connectivity index (χ3v) is 3.74. The van der Waals surface area contributed by atoms with Crippen LogP contribution in [0.5, 0.6) is 0 Å². The van der Waals surface area contributed by atoms with E-state index in [1.54, 1.807) is 18.2 Å². The first-order chi connectivity index (χ1) is 9.36. The van der Waals surface area contributed by atoms with Crippen LogP contribution in [-0.4, -0.2) is 25.7 Å². The maximum Gasteiger partial charge on any atom is 0.434 e. The lowest BCUT2D eigenvalue weighted by molar-refractivity contribution is 0.527. The Morgan fingerprint density at radius 2 is 2.20 bits per heavy atom. The summed E-state index contributed by atoms with van der Waals surface area (Å²) in [5.74, 6) is -0.393. The number of aromatic nitrogens is 2. The number of H-pyrrole nitrogens is 1. The van der Waals surface area contributed by atoms with Crippen LogP contribution >= 0.6 is 0 Å². The largest absolute Gasteiger partial charge is 0.591 e. The topological polar surface area (TPSA) is 94.3 Å². The van der Waals surface area contributed by atoms with E-state index in [9.17, 15) is 9.35 Å². The van der Waals surface area contributed by atoms with Crippen LogP contribution in [0, 0.1) is 0 Å². The Bertz CT molecular complexity index is 670. The van der Waals surface area contributed by atoms with Gasteiger partial charge in [-0.2, -0.15) is 0 Å². The highest BCUT2D eigenvalue weighted by Crippen LogP contribution is 2.18. The van der Waals surface area contributed by atoms with Crippen LogP contribution in [-0.2, 0) is 11.4 Å². The molecule has 0 saturated carbocycles. The minimum absolute atomic E-state index is 0.210. The molecule has 1 aromatic heterocycles. The third kappa shape index (κ3) is 3.58. The van der Waals surface area contributed by atoms with Gasteiger partial charge in [0.1, 0.15) is 16.1 Å². The molecule has 1 N–H and O–H groups in total. The molecule has 2 rings (SSSR count). The summed E-state index contributed by atoms with van der Waals surface area (Å²) in [7, 11) is 0. The molecule has 0 aliphatic carbocycles. The minimum atomic E-state index is -1.31. The van der Waals surface area contributed by atoms with Crippen molar-refractivity contribution in [2.24, 2.45) is 4.40 Å². The van der Waals surface area contributed by atoms with Gasteiger partial charge in [0.2, 0.25) is 5.89 Å². The molecule has 0 saturated heterocycles. The van der Waals surface area contributed by atoms with E-state index >= 15 is 0 Å². The maximum absolute atomic E-state index is 11.8. The summed E-state index contributed by atoms with van der Waals surface area (Å²) in [6.07, 6.45) is 1.54. The summed E-state index contributed by atoms with van der Waals surface area (Å²) in [6, 6.07) is 7.11. The van der Waals surface area contributed by atoms with Crippen molar-refractivity contribution >= 4 is 17.6 Å². The van der Waals surface area contributed by atoms with Gasteiger partial charge in [0.15, 0.2) is 0 Å². The second-order valence-corrected chi connectivity index (χ2v) is 7.07. The highest BCUT2D eigenvalue weighted by atomic mass is 32.2. The first-order valence-corrected chi connectivity index (χ1v) is 7.09. The molecule has 7 heteroatoms. The first-order valence-electron chi connectivity index (χ1n) is 5.98. The first kappa shape index (κ1) is 14.5. The van der Waals surface area contributed by atoms with Crippen molar-refractivity contribution in [2.75, 3.05) is 0 Å². The molecule has 1 aromatic carbocycles. The molecule has 0 aliphatic heterocycles. The SMILES string of the molecule is CC(C)(C)[S@+]([O-])/N=C/c1cccc(-c2n[nH]c(=O)o2)c1. The van der Waals surface area contributed by atoms with Crippen molar-refractivity contribution in [1.82, 2.24) is 10.2 Å². The van der Waals surface area contributed by atoms with Gasteiger partial charge < -0.3 is 8.97 Å². The standard InChI is InChI=1S/C13H15N3O3S/c1-13(2,3)20(18)14-8-9-5-4-6-10(7-9)11-15-16-12(17)19-11/h4-8H,1-3H3,(H,16,17)/b14-8+/t20-/m0/s1. The summed E-state index contributed by atoms with van der Waals surface area (Å²) >= 11 is -1.31. The van der Waals surface area contributed by atoms with Gasteiger partial charge in [0.05, 0.1) is 6.21 Å². The van der Waals surface area contributed by atoms with Gasteiger partial charge in [-0.3, -0.25) is 0 Å². The molecule has 6 nitrogen and oxygen atoms in total. The van der Waals surface area contributed by atoms with Crippen molar-refractivity contribution in [1.29, 1.82) is 0 Å². The van der Waals surface area contributed by atoms with E-state index < -0.39 is 21.9 Å². The second-order valence-electron chi connectivity index (χ2n) is 5.14. The van der Waals surface area contributed by atoms with Crippen molar-refractivity contribution in [3.8, 4) is 11.5 Å². The van der Waals surface area contributed by atoms with Crippen LogP contribution in [0.15, 0.2) is 37.9 Å². The fourth-order valence-corrected chi connectivity index (χ4v) is 1.91. The quantitative estimate of drug-likeness (QED) is 0.691. The van der Waals surface area contributed by atoms with Crippen LogP contribution in [0.25, 0.3) is 11.5 Å². The van der Waals surface area contributed by atoms with Crippen molar-refractivity contribution in [3.63, 3.8) is 0 Å². The lowest BCUT2D eigenvalue weighted by Crippen LogP contribution is -2.25. The number of nitrogens with one attached hydrogen (secondary N) is 1. The number of aromatic amines is 1. The Morgan fingerprint density at radius 3 is 2.80 bits per heavy atom. The van der Waals surface area contributed by atoms with Crippen LogP contribution in [0.3, 0.4) is 0 Å². The Balaban J connectivity index is 2.23. The van der Waals surface area contributed by atoms with Crippen LogP contribution in [0.4, 0.5) is 0 Å². The van der Waals surface area contributed by atoms with Crippen LogP contribution in [0.2, 0.25) is 0 Å². The predicted molar refractivity (Wildman–Crippen MR) is 78.0 cm³/mol. The average Bonchev–Trinajstić information content (AvgIpc) is 2.82. The summed E-state index contributed by atoms with van der Waals surface area (Å²) < 4.78 is 20.3. The molecule has 0 unspecified atom stereocenters. The fourth-order valence-electron chi connectivity index (χ4n) is 1.37. The molecule has 0 radical (unpaired) electrons. The molecule has 1 heterocycles. The van der Waals surface area contributed by atoms with E-state index in [0.29, 0.717) is 5.56 Å². The molecule has 0 amide bonds. The fraction of sp³-hybridized carbons (Fsp3) is 0.308. The van der Waals surface area contributed by atoms with Crippen molar-refractivity contribution in [2.45, 2.75) is 25.5 Å². The van der Waals surface area contributed by atoms with Gasteiger partial charge >= 0.3 is 5.76 Å². The van der Waals surface area contributed by atoms with Crippen LogP contribution in [0.1, 0.15) is 26.3 Å². The number of nitrogens with zero attached hydrogens (tertiary/aromatic N) is 2. The highest BCUT2D eigenvalue weighted by Gasteiger charge is 2.25. The predicted octanol–water partition coefficient (Wildman–Crippen LogP) is 1.91. The zero-order valence-electron chi connectivity index (χ0n) is 11.4. The zero-order chi connectivity index (χ0) is 14.8. The van der Waals surface area contributed by atoms with E-state index in [2.05, 4.69) is 14.6 Å². The smallest absolute Gasteiger partial charge is 0.434 e. The summed E-state index contributed by atoms with van der Waals surface area (Å²) in [5.41, 5.74) is 1.40. The van der Waals surface area contributed by atoms with Crippen molar-refractivity contribution in [3.05, 3.63) is 40.4 Å². The molecule has 0 spiro atoms. The highest BCUT2D eigenvalue weighted by molar-refractivity contribution is 7.91. The summed E-state index contributed by atoms with van der Waals surface area (Å²) in [6.45, 7) is 5.57. The second kappa shape index (κ2) is 5.64. The molecule has 0 bridgehead atoms. The zero-order valence-corrected chi connectivity index (χ0v) is 12.2. The summed E-state index contributed by atoms with van der Waals surface area (Å²) in [4.78, 5) is 10.9. The molecule has 0 fully saturated rings. The molecule has 2 aromatic rings. The number of benzene rings is 1. The van der Waals surface area contributed by atoms with E-state index in [1.807, 2.05) is 26.8 Å². The molecule has 20 heavy (non-hydrogen) atoms. The van der Waals surface area contributed by atoms with Gasteiger partial charge in [-0.25, -0.2) is 9.89 Å². The molecule has 106 valence electrons. The third-order valence-electron chi connectivity index (χ3n) is 2.39. The Kier molecular flexibility index (Phi) is 4.10. The Labute approximate surface area is 119 Å². The van der Waals surface area contributed by atoms with E-state index in [1.165, 1.54) is 6.21 Å². The Hall–Kier alpha value is -1.86. The summed E-state index contributed by atoms with van der Waals surface area (Å²) in [5, 5.41) is 5.96. The lowest BCUT2D eigenvalue weighted by atomic mass is 10.1. The maximum atomic E-state index is 11.8. The van der Waals surface area contributed by atoms with Gasteiger partial charge in [-0.05, 0) is 38.5 Å². The monoisotopic (exact) mass is 293 g/mol. The number of hydrogen-bond donors (Lipinski definition) is 1. The van der Waals surface area contributed by atoms with E-state index in [-0.39, 0.29) is 5.89 Å². The van der Waals surface area contributed by atoms with Gasteiger partial charge in [-0.1, -0.05) is 16.5 Å². The van der Waals surface area contributed by atoms with E-state index in [4.69, 9.17) is 4.42 Å². The number of hydrogen-bond acceptors (Lipinski definition) is 5. The lowest BCUT2D eigenvalue weighted by Gasteiger charge is -2.17. The Morgan fingerprint density at radius 1 is 1.45 bits per heavy atom. The molecule has 1 atom stereocenters. The number of rotatable bonds is 3. The minimum Gasteiger partial charge on any atom is -0.591 e. The van der Waals surface area contributed by atoms with Crippen LogP contribution < -0.4 is 5.76 Å². The average molecular weight is 293 g/mol.